The second-order valence-electron chi connectivity index (χ2n) is 3.20. The number of hydrogen-bond donors (Lipinski definition) is 1. The average molecular weight is 206 g/mol. The Hall–Kier alpha value is -1.19. The van der Waals surface area contributed by atoms with E-state index in [0.29, 0.717) is 4.88 Å². The van der Waals surface area contributed by atoms with Gasteiger partial charge in [0, 0.05) is 4.70 Å². The predicted molar refractivity (Wildman–Crippen MR) is 57.9 cm³/mol. The number of carbonyl (C=O) groups excluding carboxylic acids is 1. The molecule has 2 nitrogen and oxygen atoms in total. The van der Waals surface area contributed by atoms with Crippen LogP contribution in [0.2, 0.25) is 0 Å². The molecule has 0 saturated heterocycles. The van der Waals surface area contributed by atoms with Crippen LogP contribution in [-0.4, -0.2) is 11.4 Å². The summed E-state index contributed by atoms with van der Waals surface area (Å²) in [7, 11) is 0. The Bertz CT molecular complexity index is 485. The zero-order valence-corrected chi connectivity index (χ0v) is 8.60. The van der Waals surface area contributed by atoms with Crippen LogP contribution in [0.4, 0.5) is 0 Å². The van der Waals surface area contributed by atoms with Crippen molar-refractivity contribution in [2.45, 2.75) is 13.5 Å². The van der Waals surface area contributed by atoms with Crippen molar-refractivity contribution in [2.24, 2.45) is 0 Å². The van der Waals surface area contributed by atoms with Gasteiger partial charge >= 0.3 is 0 Å². The van der Waals surface area contributed by atoms with E-state index in [1.165, 1.54) is 11.3 Å². The molecule has 1 aromatic heterocycles. The monoisotopic (exact) mass is 206 g/mol. The molecule has 14 heavy (non-hydrogen) atoms. The molecule has 0 aliphatic carbocycles. The van der Waals surface area contributed by atoms with Gasteiger partial charge in [-0.05, 0) is 29.5 Å². The van der Waals surface area contributed by atoms with Crippen molar-refractivity contribution < 1.29 is 9.90 Å². The summed E-state index contributed by atoms with van der Waals surface area (Å²) >= 11 is 1.43. The van der Waals surface area contributed by atoms with Gasteiger partial charge in [0.25, 0.3) is 0 Å². The Labute approximate surface area is 85.8 Å². The molecular formula is C11H10O2S. The first kappa shape index (κ1) is 9.37. The zero-order valence-electron chi connectivity index (χ0n) is 7.78. The fraction of sp³-hybridized carbons (Fsp3) is 0.182. The van der Waals surface area contributed by atoms with Crippen molar-refractivity contribution in [1.29, 1.82) is 0 Å². The van der Waals surface area contributed by atoms with Crippen LogP contribution in [0, 0.1) is 6.92 Å². The SMILES string of the molecule is Cc1ccc2cc(C=O)sc2c1CO. The number of aldehydes is 1. The third-order valence-electron chi connectivity index (χ3n) is 2.32. The number of hydrogen-bond acceptors (Lipinski definition) is 3. The number of thiophene rings is 1. The predicted octanol–water partition coefficient (Wildman–Crippen LogP) is 2.51. The second-order valence-corrected chi connectivity index (χ2v) is 4.29. The second kappa shape index (κ2) is 3.52. The summed E-state index contributed by atoms with van der Waals surface area (Å²) in [6.45, 7) is 1.99. The van der Waals surface area contributed by atoms with E-state index in [2.05, 4.69) is 0 Å². The van der Waals surface area contributed by atoms with E-state index in [1.54, 1.807) is 0 Å². The lowest BCUT2D eigenvalue weighted by atomic mass is 10.1. The molecule has 0 aliphatic heterocycles. The summed E-state index contributed by atoms with van der Waals surface area (Å²) in [5.74, 6) is 0. The van der Waals surface area contributed by atoms with Crippen molar-refractivity contribution in [3.8, 4) is 0 Å². The number of aliphatic hydroxyl groups is 1. The molecule has 1 heterocycles. The number of benzene rings is 1. The van der Waals surface area contributed by atoms with Crippen LogP contribution in [0.1, 0.15) is 20.8 Å². The fourth-order valence-corrected chi connectivity index (χ4v) is 2.60. The standard InChI is InChI=1S/C11H10O2S/c1-7-2-3-8-4-9(5-12)14-11(8)10(7)6-13/h2-5,13H,6H2,1H3. The van der Waals surface area contributed by atoms with E-state index < -0.39 is 0 Å². The minimum absolute atomic E-state index is 0.0297. The first-order valence-electron chi connectivity index (χ1n) is 4.34. The van der Waals surface area contributed by atoms with Crippen molar-refractivity contribution in [2.75, 3.05) is 0 Å². The highest BCUT2D eigenvalue weighted by Crippen LogP contribution is 2.29. The largest absolute Gasteiger partial charge is 0.392 e. The van der Waals surface area contributed by atoms with E-state index in [9.17, 15) is 9.90 Å². The van der Waals surface area contributed by atoms with Crippen molar-refractivity contribution in [1.82, 2.24) is 0 Å². The van der Waals surface area contributed by atoms with Gasteiger partial charge in [0.2, 0.25) is 0 Å². The summed E-state index contributed by atoms with van der Waals surface area (Å²) < 4.78 is 1.02. The molecule has 2 aromatic rings. The molecule has 0 amide bonds. The maximum Gasteiger partial charge on any atom is 0.160 e. The Morgan fingerprint density at radius 3 is 2.93 bits per heavy atom. The minimum Gasteiger partial charge on any atom is -0.392 e. The summed E-state index contributed by atoms with van der Waals surface area (Å²) in [4.78, 5) is 11.3. The molecule has 2 rings (SSSR count). The van der Waals surface area contributed by atoms with Crippen LogP contribution >= 0.6 is 11.3 Å². The molecular weight excluding hydrogens is 196 g/mol. The van der Waals surface area contributed by atoms with Crippen LogP contribution in [0.25, 0.3) is 10.1 Å². The highest BCUT2D eigenvalue weighted by Gasteiger charge is 2.07. The Morgan fingerprint density at radius 2 is 2.29 bits per heavy atom. The van der Waals surface area contributed by atoms with Gasteiger partial charge in [-0.2, -0.15) is 0 Å². The van der Waals surface area contributed by atoms with E-state index in [-0.39, 0.29) is 6.61 Å². The molecule has 0 fully saturated rings. The van der Waals surface area contributed by atoms with Crippen LogP contribution in [0.5, 0.6) is 0 Å². The van der Waals surface area contributed by atoms with E-state index in [0.717, 1.165) is 27.5 Å². The summed E-state index contributed by atoms with van der Waals surface area (Å²) in [6.07, 6.45) is 0.848. The highest BCUT2D eigenvalue weighted by atomic mass is 32.1. The number of carbonyl (C=O) groups is 1. The first-order chi connectivity index (χ1) is 6.76. The van der Waals surface area contributed by atoms with E-state index >= 15 is 0 Å². The quantitative estimate of drug-likeness (QED) is 0.766. The Kier molecular flexibility index (Phi) is 2.35. The molecule has 1 N–H and O–H groups in total. The molecule has 0 saturated carbocycles. The van der Waals surface area contributed by atoms with E-state index in [1.807, 2.05) is 25.1 Å². The number of aliphatic hydroxyl groups excluding tert-OH is 1. The topological polar surface area (TPSA) is 37.3 Å². The van der Waals surface area contributed by atoms with Gasteiger partial charge in [-0.1, -0.05) is 12.1 Å². The van der Waals surface area contributed by atoms with Gasteiger partial charge in [-0.25, -0.2) is 0 Å². The molecule has 0 unspecified atom stereocenters. The third-order valence-corrected chi connectivity index (χ3v) is 3.45. The van der Waals surface area contributed by atoms with Gasteiger partial charge in [0.15, 0.2) is 6.29 Å². The third kappa shape index (κ3) is 1.35. The van der Waals surface area contributed by atoms with Crippen molar-refractivity contribution >= 4 is 27.7 Å². The molecule has 3 heteroatoms. The van der Waals surface area contributed by atoms with Crippen molar-refractivity contribution in [3.63, 3.8) is 0 Å². The lowest BCUT2D eigenvalue weighted by Gasteiger charge is -2.02. The van der Waals surface area contributed by atoms with Gasteiger partial charge in [-0.3, -0.25) is 4.79 Å². The maximum atomic E-state index is 10.6. The molecule has 0 bridgehead atoms. The van der Waals surface area contributed by atoms with Gasteiger partial charge in [-0.15, -0.1) is 11.3 Å². The van der Waals surface area contributed by atoms with E-state index in [4.69, 9.17) is 0 Å². The highest BCUT2D eigenvalue weighted by molar-refractivity contribution is 7.20. The number of aryl methyl sites for hydroxylation is 1. The van der Waals surface area contributed by atoms with Gasteiger partial charge in [0.05, 0.1) is 11.5 Å². The van der Waals surface area contributed by atoms with Crippen LogP contribution in [0.15, 0.2) is 18.2 Å². The fourth-order valence-electron chi connectivity index (χ4n) is 1.53. The van der Waals surface area contributed by atoms with Crippen molar-refractivity contribution in [3.05, 3.63) is 34.2 Å². The minimum atomic E-state index is 0.0297. The number of rotatable bonds is 2. The first-order valence-corrected chi connectivity index (χ1v) is 5.16. The molecule has 0 atom stereocenters. The molecule has 72 valence electrons. The van der Waals surface area contributed by atoms with Gasteiger partial charge in [0.1, 0.15) is 0 Å². The molecule has 0 aliphatic rings. The summed E-state index contributed by atoms with van der Waals surface area (Å²) in [6, 6.07) is 5.80. The zero-order chi connectivity index (χ0) is 10.1. The molecule has 1 aromatic carbocycles. The lowest BCUT2D eigenvalue weighted by molar-refractivity contribution is 0.112. The van der Waals surface area contributed by atoms with Crippen LogP contribution in [-0.2, 0) is 6.61 Å². The summed E-state index contributed by atoms with van der Waals surface area (Å²) in [5.41, 5.74) is 2.00. The summed E-state index contributed by atoms with van der Waals surface area (Å²) in [5, 5.41) is 10.3. The van der Waals surface area contributed by atoms with Crippen LogP contribution in [0.3, 0.4) is 0 Å². The Morgan fingerprint density at radius 1 is 1.50 bits per heavy atom. The maximum absolute atomic E-state index is 10.6. The average Bonchev–Trinajstić information content (AvgIpc) is 2.60. The normalized spacial score (nSPS) is 10.7. The Balaban J connectivity index is 2.79. The van der Waals surface area contributed by atoms with Gasteiger partial charge < -0.3 is 5.11 Å². The smallest absolute Gasteiger partial charge is 0.160 e. The molecule has 0 radical (unpaired) electrons. The van der Waals surface area contributed by atoms with Crippen LogP contribution < -0.4 is 0 Å². The lowest BCUT2D eigenvalue weighted by Crippen LogP contribution is -1.87. The molecule has 0 spiro atoms. The number of fused-ring (bicyclic) bond motifs is 1.